The van der Waals surface area contributed by atoms with Gasteiger partial charge in [-0.2, -0.15) is 9.90 Å². The second kappa shape index (κ2) is 9.06. The average molecular weight is 414 g/mol. The molecular weight excluding hydrogens is 388 g/mol. The Bertz CT molecular complexity index is 960. The van der Waals surface area contributed by atoms with Crippen LogP contribution < -0.4 is 0 Å². The molecule has 9 heteroatoms. The molecule has 0 unspecified atom stereocenters. The predicted octanol–water partition coefficient (Wildman–Crippen LogP) is 1.76. The van der Waals surface area contributed by atoms with Crippen LogP contribution in [0.25, 0.3) is 5.69 Å². The molecule has 1 amide bonds. The Morgan fingerprint density at radius 1 is 1.10 bits per heavy atom. The van der Waals surface area contributed by atoms with Gasteiger partial charge in [-0.3, -0.25) is 9.59 Å². The van der Waals surface area contributed by atoms with Crippen LogP contribution in [-0.4, -0.2) is 64.5 Å². The summed E-state index contributed by atoms with van der Waals surface area (Å²) >= 11 is 0. The number of ether oxygens (including phenoxy) is 2. The summed E-state index contributed by atoms with van der Waals surface area (Å²) in [6.45, 7) is 6.09. The van der Waals surface area contributed by atoms with Crippen molar-refractivity contribution < 1.29 is 23.9 Å². The monoisotopic (exact) mass is 414 g/mol. The van der Waals surface area contributed by atoms with Gasteiger partial charge in [-0.1, -0.05) is 17.7 Å². The Hall–Kier alpha value is -3.23. The summed E-state index contributed by atoms with van der Waals surface area (Å²) in [5.41, 5.74) is 3.37. The number of esters is 2. The summed E-state index contributed by atoms with van der Waals surface area (Å²) in [4.78, 5) is 39.4. The van der Waals surface area contributed by atoms with Gasteiger partial charge in [-0.05, 0) is 45.2 Å². The molecule has 1 aromatic heterocycles. The van der Waals surface area contributed by atoms with E-state index in [1.54, 1.807) is 11.8 Å². The molecule has 1 saturated heterocycles. The number of benzene rings is 1. The Kier molecular flexibility index (Phi) is 6.49. The first-order valence-electron chi connectivity index (χ1n) is 9.84. The van der Waals surface area contributed by atoms with Crippen molar-refractivity contribution in [3.8, 4) is 5.69 Å². The van der Waals surface area contributed by atoms with Crippen molar-refractivity contribution in [2.24, 2.45) is 5.92 Å². The summed E-state index contributed by atoms with van der Waals surface area (Å²) in [6, 6.07) is 5.84. The van der Waals surface area contributed by atoms with Crippen LogP contribution >= 0.6 is 0 Å². The van der Waals surface area contributed by atoms with Crippen molar-refractivity contribution in [3.63, 3.8) is 0 Å². The van der Waals surface area contributed by atoms with E-state index in [0.717, 1.165) is 16.8 Å². The highest BCUT2D eigenvalue weighted by Crippen LogP contribution is 2.19. The first kappa shape index (κ1) is 21.5. The van der Waals surface area contributed by atoms with E-state index in [-0.39, 0.29) is 30.1 Å². The topological polar surface area (TPSA) is 104 Å². The van der Waals surface area contributed by atoms with Gasteiger partial charge in [0, 0.05) is 13.1 Å². The molecule has 1 aliphatic rings. The predicted molar refractivity (Wildman–Crippen MR) is 107 cm³/mol. The van der Waals surface area contributed by atoms with Crippen LogP contribution in [0.3, 0.4) is 0 Å². The maximum atomic E-state index is 12.4. The number of likely N-dealkylation sites (tertiary alicyclic amines) is 1. The number of amides is 1. The normalized spacial score (nSPS) is 14.5. The lowest BCUT2D eigenvalue weighted by Gasteiger charge is -2.30. The zero-order chi connectivity index (χ0) is 21.8. The number of aromatic nitrogens is 3. The zero-order valence-electron chi connectivity index (χ0n) is 17.7. The minimum Gasteiger partial charge on any atom is -0.469 e. The van der Waals surface area contributed by atoms with Crippen LogP contribution in [0, 0.1) is 26.7 Å². The van der Waals surface area contributed by atoms with E-state index in [0.29, 0.717) is 31.6 Å². The summed E-state index contributed by atoms with van der Waals surface area (Å²) in [6.07, 6.45) is 1.07. The third kappa shape index (κ3) is 4.67. The molecule has 0 spiro atoms. The maximum absolute atomic E-state index is 12.4. The molecule has 2 heterocycles. The van der Waals surface area contributed by atoms with Gasteiger partial charge >= 0.3 is 11.9 Å². The largest absolute Gasteiger partial charge is 0.469 e. The number of hydrogen-bond donors (Lipinski definition) is 0. The minimum absolute atomic E-state index is 0.0761. The van der Waals surface area contributed by atoms with Gasteiger partial charge < -0.3 is 14.4 Å². The van der Waals surface area contributed by atoms with Crippen LogP contribution in [0.15, 0.2) is 18.2 Å². The minimum atomic E-state index is -0.693. The highest BCUT2D eigenvalue weighted by molar-refractivity contribution is 5.90. The van der Waals surface area contributed by atoms with Crippen molar-refractivity contribution in [1.82, 2.24) is 19.9 Å². The number of rotatable bonds is 5. The highest BCUT2D eigenvalue weighted by Gasteiger charge is 2.28. The summed E-state index contributed by atoms with van der Waals surface area (Å²) < 4.78 is 9.93. The molecule has 3 rings (SSSR count). The van der Waals surface area contributed by atoms with E-state index in [2.05, 4.69) is 10.2 Å². The quantitative estimate of drug-likeness (QED) is 0.687. The van der Waals surface area contributed by atoms with E-state index < -0.39 is 5.97 Å². The number of nitrogens with zero attached hydrogens (tertiary/aromatic N) is 4. The summed E-state index contributed by atoms with van der Waals surface area (Å²) in [7, 11) is 1.36. The SMILES string of the molecule is COC(=O)C1CCN(C(=O)COC(=O)c2nn(-c3ccc(C)cc3C)nc2C)CC1. The Labute approximate surface area is 174 Å². The molecule has 0 saturated carbocycles. The fraction of sp³-hybridized carbons (Fsp3) is 0.476. The van der Waals surface area contributed by atoms with Crippen LogP contribution in [0.5, 0.6) is 0 Å². The third-order valence-electron chi connectivity index (χ3n) is 5.25. The van der Waals surface area contributed by atoms with Gasteiger partial charge in [0.15, 0.2) is 12.3 Å². The van der Waals surface area contributed by atoms with Crippen molar-refractivity contribution in [3.05, 3.63) is 40.7 Å². The van der Waals surface area contributed by atoms with Crippen molar-refractivity contribution in [2.75, 3.05) is 26.8 Å². The molecule has 0 aliphatic carbocycles. The fourth-order valence-electron chi connectivity index (χ4n) is 3.52. The number of carbonyl (C=O) groups is 3. The van der Waals surface area contributed by atoms with Crippen LogP contribution in [0.4, 0.5) is 0 Å². The van der Waals surface area contributed by atoms with Gasteiger partial charge in [0.25, 0.3) is 5.91 Å². The number of methoxy groups -OCH3 is 1. The second-order valence-electron chi connectivity index (χ2n) is 7.47. The molecule has 9 nitrogen and oxygen atoms in total. The maximum Gasteiger partial charge on any atom is 0.361 e. The van der Waals surface area contributed by atoms with Gasteiger partial charge in [-0.25, -0.2) is 4.79 Å². The van der Waals surface area contributed by atoms with Crippen LogP contribution in [0.2, 0.25) is 0 Å². The van der Waals surface area contributed by atoms with Crippen molar-refractivity contribution in [1.29, 1.82) is 0 Å². The zero-order valence-corrected chi connectivity index (χ0v) is 17.7. The van der Waals surface area contributed by atoms with Gasteiger partial charge in [0.2, 0.25) is 0 Å². The van der Waals surface area contributed by atoms with Crippen molar-refractivity contribution in [2.45, 2.75) is 33.6 Å². The molecule has 160 valence electrons. The molecule has 0 atom stereocenters. The fourth-order valence-corrected chi connectivity index (χ4v) is 3.52. The van der Waals surface area contributed by atoms with Gasteiger partial charge in [0.1, 0.15) is 0 Å². The van der Waals surface area contributed by atoms with Crippen molar-refractivity contribution >= 4 is 17.8 Å². The molecule has 1 fully saturated rings. The average Bonchev–Trinajstić information content (AvgIpc) is 3.12. The summed E-state index contributed by atoms with van der Waals surface area (Å²) in [5, 5.41) is 8.56. The number of piperidine rings is 1. The smallest absolute Gasteiger partial charge is 0.361 e. The molecule has 1 aromatic carbocycles. The lowest BCUT2D eigenvalue weighted by Crippen LogP contribution is -2.42. The van der Waals surface area contributed by atoms with Crippen LogP contribution in [0.1, 0.15) is 40.2 Å². The molecule has 0 N–H and O–H groups in total. The van der Waals surface area contributed by atoms with Gasteiger partial charge in [-0.15, -0.1) is 5.10 Å². The molecule has 1 aliphatic heterocycles. The first-order chi connectivity index (χ1) is 14.3. The first-order valence-corrected chi connectivity index (χ1v) is 9.84. The molecular formula is C21H26N4O5. The molecule has 0 bridgehead atoms. The van der Waals surface area contributed by atoms with E-state index in [1.807, 2.05) is 32.0 Å². The van der Waals surface area contributed by atoms with E-state index >= 15 is 0 Å². The van der Waals surface area contributed by atoms with Gasteiger partial charge in [0.05, 0.1) is 24.4 Å². The molecule has 2 aromatic rings. The number of hydrogen-bond acceptors (Lipinski definition) is 7. The second-order valence-corrected chi connectivity index (χ2v) is 7.47. The van der Waals surface area contributed by atoms with Crippen LogP contribution in [-0.2, 0) is 19.1 Å². The third-order valence-corrected chi connectivity index (χ3v) is 5.25. The summed E-state index contributed by atoms with van der Waals surface area (Å²) in [5.74, 6) is -1.44. The standard InChI is InChI=1S/C21H26N4O5/c1-13-5-6-17(14(2)11-13)25-22-15(3)19(23-25)21(28)30-12-18(26)24-9-7-16(8-10-24)20(27)29-4/h5-6,11,16H,7-10,12H2,1-4H3. The molecule has 0 radical (unpaired) electrons. The molecule has 30 heavy (non-hydrogen) atoms. The van der Waals surface area contributed by atoms with E-state index in [4.69, 9.17) is 9.47 Å². The Morgan fingerprint density at radius 2 is 1.80 bits per heavy atom. The lowest BCUT2D eigenvalue weighted by molar-refractivity contribution is -0.149. The number of aryl methyl sites for hydroxylation is 3. The Balaban J connectivity index is 1.58. The Morgan fingerprint density at radius 3 is 2.43 bits per heavy atom. The highest BCUT2D eigenvalue weighted by atomic mass is 16.5. The van der Waals surface area contributed by atoms with E-state index in [1.165, 1.54) is 11.9 Å². The van der Waals surface area contributed by atoms with E-state index in [9.17, 15) is 14.4 Å². The lowest BCUT2D eigenvalue weighted by atomic mass is 9.97. The number of carbonyl (C=O) groups excluding carboxylic acids is 3.